The summed E-state index contributed by atoms with van der Waals surface area (Å²) in [5.74, 6) is 0.119. The van der Waals surface area contributed by atoms with E-state index in [4.69, 9.17) is 9.15 Å². The second-order valence-electron chi connectivity index (χ2n) is 6.23. The molecule has 1 N–H and O–H groups in total. The summed E-state index contributed by atoms with van der Waals surface area (Å²) in [4.78, 5) is 24.1. The molecule has 0 aliphatic rings. The molecule has 23 heavy (non-hydrogen) atoms. The first-order valence-corrected chi connectivity index (χ1v) is 7.43. The number of benzene rings is 1. The molecular weight excluding hydrogens is 294 g/mol. The summed E-state index contributed by atoms with van der Waals surface area (Å²) in [5.41, 5.74) is 0.495. The third kappa shape index (κ3) is 4.71. The molecule has 122 valence electrons. The predicted molar refractivity (Wildman–Crippen MR) is 87.2 cm³/mol. The SMILES string of the molecule is CC(C)(C)C(=O)COC(=O)c1ccccc1NCc1ccco1. The van der Waals surface area contributed by atoms with Crippen molar-refractivity contribution in [3.8, 4) is 0 Å². The lowest BCUT2D eigenvalue weighted by atomic mass is 9.91. The van der Waals surface area contributed by atoms with Gasteiger partial charge in [0.05, 0.1) is 18.4 Å². The van der Waals surface area contributed by atoms with Crippen molar-refractivity contribution >= 4 is 17.4 Å². The van der Waals surface area contributed by atoms with Crippen molar-refractivity contribution < 1.29 is 18.7 Å². The van der Waals surface area contributed by atoms with Gasteiger partial charge in [-0.25, -0.2) is 4.79 Å². The van der Waals surface area contributed by atoms with Gasteiger partial charge in [-0.05, 0) is 24.3 Å². The van der Waals surface area contributed by atoms with E-state index in [9.17, 15) is 9.59 Å². The Kier molecular flexibility index (Phi) is 5.21. The van der Waals surface area contributed by atoms with Crippen molar-refractivity contribution in [1.29, 1.82) is 0 Å². The Morgan fingerprint density at radius 2 is 1.87 bits per heavy atom. The number of furan rings is 1. The Balaban J connectivity index is 2.01. The van der Waals surface area contributed by atoms with E-state index in [1.165, 1.54) is 0 Å². The van der Waals surface area contributed by atoms with Crippen molar-refractivity contribution in [3.63, 3.8) is 0 Å². The van der Waals surface area contributed by atoms with Gasteiger partial charge in [0.25, 0.3) is 0 Å². The molecule has 1 aromatic heterocycles. The van der Waals surface area contributed by atoms with E-state index in [1.807, 2.05) is 12.1 Å². The highest BCUT2D eigenvalue weighted by Crippen LogP contribution is 2.19. The number of hydrogen-bond acceptors (Lipinski definition) is 5. The molecule has 1 heterocycles. The van der Waals surface area contributed by atoms with E-state index in [0.29, 0.717) is 17.8 Å². The number of carbonyl (C=O) groups is 2. The van der Waals surface area contributed by atoms with Crippen LogP contribution < -0.4 is 5.32 Å². The molecule has 0 spiro atoms. The Morgan fingerprint density at radius 3 is 2.52 bits per heavy atom. The standard InChI is InChI=1S/C18H21NO4/c1-18(2,3)16(20)12-23-17(21)14-8-4-5-9-15(14)19-11-13-7-6-10-22-13/h4-10,19H,11-12H2,1-3H3. The van der Waals surface area contributed by atoms with Crippen LogP contribution in [0.3, 0.4) is 0 Å². The fourth-order valence-corrected chi connectivity index (χ4v) is 1.84. The number of hydrogen-bond donors (Lipinski definition) is 1. The molecule has 0 fully saturated rings. The number of para-hydroxylation sites is 1. The van der Waals surface area contributed by atoms with Gasteiger partial charge in [-0.3, -0.25) is 4.79 Å². The van der Waals surface area contributed by atoms with E-state index in [0.717, 1.165) is 5.76 Å². The average Bonchev–Trinajstić information content (AvgIpc) is 3.03. The minimum absolute atomic E-state index is 0.119. The Morgan fingerprint density at radius 1 is 1.13 bits per heavy atom. The van der Waals surface area contributed by atoms with E-state index in [-0.39, 0.29) is 12.4 Å². The normalized spacial score (nSPS) is 11.1. The highest BCUT2D eigenvalue weighted by molar-refractivity contribution is 5.97. The van der Waals surface area contributed by atoms with Crippen LogP contribution in [-0.2, 0) is 16.1 Å². The van der Waals surface area contributed by atoms with E-state index >= 15 is 0 Å². The highest BCUT2D eigenvalue weighted by Gasteiger charge is 2.23. The van der Waals surface area contributed by atoms with E-state index in [2.05, 4.69) is 5.32 Å². The third-order valence-corrected chi connectivity index (χ3v) is 3.35. The lowest BCUT2D eigenvalue weighted by Gasteiger charge is -2.16. The zero-order chi connectivity index (χ0) is 16.9. The zero-order valence-corrected chi connectivity index (χ0v) is 13.6. The molecule has 0 aliphatic carbocycles. The van der Waals surface area contributed by atoms with Crippen LogP contribution >= 0.6 is 0 Å². The lowest BCUT2D eigenvalue weighted by molar-refractivity contribution is -0.129. The summed E-state index contributed by atoms with van der Waals surface area (Å²) in [7, 11) is 0. The minimum atomic E-state index is -0.530. The van der Waals surface area contributed by atoms with E-state index < -0.39 is 11.4 Å². The molecule has 0 bridgehead atoms. The fraction of sp³-hybridized carbons (Fsp3) is 0.333. The number of Topliss-reactive ketones (excluding diaryl/α,β-unsaturated/α-hetero) is 1. The van der Waals surface area contributed by atoms with Gasteiger partial charge in [0, 0.05) is 11.1 Å². The van der Waals surface area contributed by atoms with Crippen LogP contribution in [0.15, 0.2) is 47.1 Å². The average molecular weight is 315 g/mol. The van der Waals surface area contributed by atoms with Gasteiger partial charge in [0.2, 0.25) is 0 Å². The Bertz CT molecular complexity index is 669. The van der Waals surface area contributed by atoms with Gasteiger partial charge in [0.1, 0.15) is 5.76 Å². The molecule has 0 saturated heterocycles. The maximum Gasteiger partial charge on any atom is 0.340 e. The largest absolute Gasteiger partial charge is 0.467 e. The topological polar surface area (TPSA) is 68.5 Å². The van der Waals surface area contributed by atoms with Crippen LogP contribution in [0.5, 0.6) is 0 Å². The molecule has 0 atom stereocenters. The van der Waals surface area contributed by atoms with Crippen molar-refractivity contribution in [1.82, 2.24) is 0 Å². The molecular formula is C18H21NO4. The summed E-state index contributed by atoms with van der Waals surface area (Å²) >= 11 is 0. The second-order valence-corrected chi connectivity index (χ2v) is 6.23. The van der Waals surface area contributed by atoms with E-state index in [1.54, 1.807) is 51.3 Å². The van der Waals surface area contributed by atoms with Crippen LogP contribution in [-0.4, -0.2) is 18.4 Å². The van der Waals surface area contributed by atoms with Crippen LogP contribution in [0.4, 0.5) is 5.69 Å². The molecule has 0 radical (unpaired) electrons. The number of anilines is 1. The van der Waals surface area contributed by atoms with Gasteiger partial charge in [-0.1, -0.05) is 32.9 Å². The van der Waals surface area contributed by atoms with Gasteiger partial charge >= 0.3 is 5.97 Å². The minimum Gasteiger partial charge on any atom is -0.467 e. The number of rotatable bonds is 6. The number of carbonyl (C=O) groups excluding carboxylic acids is 2. The molecule has 2 aromatic rings. The highest BCUT2D eigenvalue weighted by atomic mass is 16.5. The first-order valence-electron chi connectivity index (χ1n) is 7.43. The maximum absolute atomic E-state index is 12.2. The third-order valence-electron chi connectivity index (χ3n) is 3.35. The van der Waals surface area contributed by atoms with Gasteiger partial charge < -0.3 is 14.5 Å². The van der Waals surface area contributed by atoms with Crippen LogP contribution in [0.25, 0.3) is 0 Å². The number of ketones is 1. The summed E-state index contributed by atoms with van der Waals surface area (Å²) < 4.78 is 10.4. The predicted octanol–water partition coefficient (Wildman–Crippen LogP) is 3.66. The zero-order valence-electron chi connectivity index (χ0n) is 13.6. The van der Waals surface area contributed by atoms with Gasteiger partial charge in [-0.15, -0.1) is 0 Å². The second kappa shape index (κ2) is 7.13. The molecule has 0 aliphatic heterocycles. The lowest BCUT2D eigenvalue weighted by Crippen LogP contribution is -2.26. The van der Waals surface area contributed by atoms with Crippen LogP contribution in [0, 0.1) is 5.41 Å². The maximum atomic E-state index is 12.2. The molecule has 2 rings (SSSR count). The monoisotopic (exact) mass is 315 g/mol. The number of nitrogens with one attached hydrogen (secondary N) is 1. The van der Waals surface area contributed by atoms with Crippen molar-refractivity contribution in [3.05, 3.63) is 54.0 Å². The molecule has 0 amide bonds. The Hall–Kier alpha value is -2.56. The number of ether oxygens (including phenoxy) is 1. The summed E-state index contributed by atoms with van der Waals surface area (Å²) in [6, 6.07) is 10.7. The Labute approximate surface area is 135 Å². The quantitative estimate of drug-likeness (QED) is 0.824. The van der Waals surface area contributed by atoms with Crippen molar-refractivity contribution in [2.24, 2.45) is 5.41 Å². The molecule has 0 saturated carbocycles. The van der Waals surface area contributed by atoms with Crippen molar-refractivity contribution in [2.45, 2.75) is 27.3 Å². The summed E-state index contributed by atoms with van der Waals surface area (Å²) in [6.45, 7) is 5.61. The first-order chi connectivity index (χ1) is 10.9. The smallest absolute Gasteiger partial charge is 0.340 e. The van der Waals surface area contributed by atoms with Crippen LogP contribution in [0.2, 0.25) is 0 Å². The summed E-state index contributed by atoms with van der Waals surface area (Å²) in [5, 5.41) is 3.13. The molecule has 5 nitrogen and oxygen atoms in total. The molecule has 1 aromatic carbocycles. The van der Waals surface area contributed by atoms with Gasteiger partial charge in [-0.2, -0.15) is 0 Å². The summed E-state index contributed by atoms with van der Waals surface area (Å²) in [6.07, 6.45) is 1.59. The molecule has 0 unspecified atom stereocenters. The first kappa shape index (κ1) is 16.8. The fourth-order valence-electron chi connectivity index (χ4n) is 1.84. The molecule has 5 heteroatoms. The van der Waals surface area contributed by atoms with Crippen molar-refractivity contribution in [2.75, 3.05) is 11.9 Å². The number of esters is 1. The van der Waals surface area contributed by atoms with Crippen LogP contribution in [0.1, 0.15) is 36.9 Å². The van der Waals surface area contributed by atoms with Gasteiger partial charge in [0.15, 0.2) is 12.4 Å².